The zero-order chi connectivity index (χ0) is 16.8. The molecule has 2 N–H and O–H groups in total. The molecule has 2 bridgehead atoms. The molecule has 3 rings (SSSR count). The summed E-state index contributed by atoms with van der Waals surface area (Å²) in [5.74, 6) is -0.295. The highest BCUT2D eigenvalue weighted by Gasteiger charge is 2.64. The molecule has 0 aromatic carbocycles. The molecule has 2 aliphatic heterocycles. The molecule has 6 heteroatoms. The van der Waals surface area contributed by atoms with Gasteiger partial charge in [0.2, 0.25) is 11.8 Å². The van der Waals surface area contributed by atoms with Crippen LogP contribution in [0.4, 0.5) is 0 Å². The maximum absolute atomic E-state index is 12.9. The van der Waals surface area contributed by atoms with Gasteiger partial charge in [0.25, 0.3) is 0 Å². The molecule has 0 spiro atoms. The fourth-order valence-corrected chi connectivity index (χ4v) is 4.55. The highest BCUT2D eigenvalue weighted by molar-refractivity contribution is 6.03. The van der Waals surface area contributed by atoms with E-state index in [9.17, 15) is 14.7 Å². The lowest BCUT2D eigenvalue weighted by Gasteiger charge is -2.48. The maximum atomic E-state index is 12.9. The SMILES string of the molecule is CC1(C)[C@H]2CC[C@]1(C)C(=O)N(C[C@@H](O)C[NH+]1CCOCC1)C2=O. The van der Waals surface area contributed by atoms with Crippen LogP contribution in [-0.2, 0) is 14.3 Å². The molecule has 2 heterocycles. The monoisotopic (exact) mass is 325 g/mol. The third-order valence-electron chi connectivity index (χ3n) is 6.63. The molecule has 1 saturated carbocycles. The lowest BCUT2D eigenvalue weighted by molar-refractivity contribution is -0.910. The van der Waals surface area contributed by atoms with Crippen LogP contribution in [0.25, 0.3) is 0 Å². The molecule has 0 unspecified atom stereocenters. The van der Waals surface area contributed by atoms with Crippen molar-refractivity contribution in [3.63, 3.8) is 0 Å². The topological polar surface area (TPSA) is 71.3 Å². The lowest BCUT2D eigenvalue weighted by Crippen LogP contribution is -3.15. The van der Waals surface area contributed by atoms with E-state index in [1.165, 1.54) is 9.80 Å². The molecule has 0 aromatic heterocycles. The number of imide groups is 1. The van der Waals surface area contributed by atoms with Crippen LogP contribution in [0.2, 0.25) is 0 Å². The van der Waals surface area contributed by atoms with Gasteiger partial charge in [-0.15, -0.1) is 0 Å². The van der Waals surface area contributed by atoms with Gasteiger partial charge in [-0.2, -0.15) is 0 Å². The van der Waals surface area contributed by atoms with Gasteiger partial charge < -0.3 is 14.7 Å². The fraction of sp³-hybridized carbons (Fsp3) is 0.882. The molecule has 6 nitrogen and oxygen atoms in total. The number of nitrogens with zero attached hydrogens (tertiary/aromatic N) is 1. The van der Waals surface area contributed by atoms with E-state index in [2.05, 4.69) is 0 Å². The number of hydrogen-bond donors (Lipinski definition) is 2. The lowest BCUT2D eigenvalue weighted by atomic mass is 9.62. The number of nitrogens with one attached hydrogen (secondary N) is 1. The fourth-order valence-electron chi connectivity index (χ4n) is 4.55. The van der Waals surface area contributed by atoms with E-state index in [4.69, 9.17) is 4.74 Å². The number of aliphatic hydroxyl groups is 1. The first kappa shape index (κ1) is 16.9. The number of amides is 2. The molecule has 3 aliphatic rings. The van der Waals surface area contributed by atoms with E-state index < -0.39 is 11.5 Å². The average Bonchev–Trinajstić information content (AvgIpc) is 2.70. The highest BCUT2D eigenvalue weighted by Crippen LogP contribution is 2.59. The van der Waals surface area contributed by atoms with Crippen molar-refractivity contribution in [1.29, 1.82) is 0 Å². The highest BCUT2D eigenvalue weighted by atomic mass is 16.5. The van der Waals surface area contributed by atoms with Crippen LogP contribution in [0.15, 0.2) is 0 Å². The number of aliphatic hydroxyl groups excluding tert-OH is 1. The summed E-state index contributed by atoms with van der Waals surface area (Å²) in [5.41, 5.74) is -0.783. The van der Waals surface area contributed by atoms with Crippen molar-refractivity contribution in [2.45, 2.75) is 39.7 Å². The zero-order valence-corrected chi connectivity index (χ0v) is 14.4. The smallest absolute Gasteiger partial charge is 0.235 e. The number of likely N-dealkylation sites (tertiary alicyclic amines) is 1. The molecule has 0 radical (unpaired) electrons. The number of quaternary nitrogens is 1. The van der Waals surface area contributed by atoms with Crippen molar-refractivity contribution < 1.29 is 24.3 Å². The molecule has 3 fully saturated rings. The Morgan fingerprint density at radius 2 is 1.96 bits per heavy atom. The summed E-state index contributed by atoms with van der Waals surface area (Å²) in [6.45, 7) is 9.89. The Kier molecular flexibility index (Phi) is 4.27. The van der Waals surface area contributed by atoms with E-state index in [0.717, 1.165) is 25.9 Å². The third-order valence-corrected chi connectivity index (χ3v) is 6.63. The number of piperidine rings is 1. The Morgan fingerprint density at radius 1 is 1.30 bits per heavy atom. The summed E-state index contributed by atoms with van der Waals surface area (Å²) >= 11 is 0. The Balaban J connectivity index is 1.68. The molecule has 130 valence electrons. The van der Waals surface area contributed by atoms with Crippen LogP contribution < -0.4 is 4.90 Å². The van der Waals surface area contributed by atoms with Crippen LogP contribution in [0.5, 0.6) is 0 Å². The molecule has 0 aromatic rings. The van der Waals surface area contributed by atoms with Gasteiger partial charge in [0.15, 0.2) is 0 Å². The Morgan fingerprint density at radius 3 is 2.61 bits per heavy atom. The number of β-amino-alcohol motifs (C(OH)–C–C–N with tert-alkyl or cyclic N) is 1. The molecular formula is C17H29N2O4+. The standard InChI is InChI=1S/C17H28N2O4/c1-16(2)13-4-5-17(16,3)15(22)19(14(13)21)11-12(20)10-18-6-8-23-9-7-18/h12-13,20H,4-11H2,1-3H3/p+1/t12-,13-,17+/m0/s1. The summed E-state index contributed by atoms with van der Waals surface area (Å²) < 4.78 is 5.32. The van der Waals surface area contributed by atoms with Crippen LogP contribution in [0, 0.1) is 16.7 Å². The van der Waals surface area contributed by atoms with Crippen molar-refractivity contribution in [2.24, 2.45) is 16.7 Å². The van der Waals surface area contributed by atoms with Crippen LogP contribution in [0.3, 0.4) is 0 Å². The van der Waals surface area contributed by atoms with Crippen molar-refractivity contribution in [3.8, 4) is 0 Å². The van der Waals surface area contributed by atoms with Gasteiger partial charge in [0, 0.05) is 5.92 Å². The second kappa shape index (κ2) is 5.83. The number of carbonyl (C=O) groups excluding carboxylic acids is 2. The molecule has 3 atom stereocenters. The van der Waals surface area contributed by atoms with Gasteiger partial charge in [-0.1, -0.05) is 20.8 Å². The van der Waals surface area contributed by atoms with Crippen LogP contribution in [-0.4, -0.2) is 67.3 Å². The van der Waals surface area contributed by atoms with Gasteiger partial charge >= 0.3 is 0 Å². The minimum Gasteiger partial charge on any atom is -0.385 e. The van der Waals surface area contributed by atoms with Crippen LogP contribution >= 0.6 is 0 Å². The summed E-state index contributed by atoms with van der Waals surface area (Å²) in [6, 6.07) is 0. The Bertz CT molecular complexity index is 501. The largest absolute Gasteiger partial charge is 0.385 e. The number of fused-ring (bicyclic) bond motifs is 2. The number of carbonyl (C=O) groups is 2. The molecule has 1 aliphatic carbocycles. The summed E-state index contributed by atoms with van der Waals surface area (Å²) in [7, 11) is 0. The number of ether oxygens (including phenoxy) is 1. The van der Waals surface area contributed by atoms with Crippen molar-refractivity contribution in [2.75, 3.05) is 39.4 Å². The molecule has 23 heavy (non-hydrogen) atoms. The average molecular weight is 325 g/mol. The quantitative estimate of drug-likeness (QED) is 0.656. The Labute approximate surface area is 137 Å². The molecule has 2 amide bonds. The number of hydrogen-bond acceptors (Lipinski definition) is 4. The van der Waals surface area contributed by atoms with Crippen LogP contribution in [0.1, 0.15) is 33.6 Å². The second-order valence-electron chi connectivity index (χ2n) is 8.12. The van der Waals surface area contributed by atoms with Gasteiger partial charge in [0.05, 0.1) is 25.2 Å². The van der Waals surface area contributed by atoms with Crippen molar-refractivity contribution in [3.05, 3.63) is 0 Å². The minimum atomic E-state index is -0.666. The molecule has 2 saturated heterocycles. The van der Waals surface area contributed by atoms with Gasteiger partial charge in [0.1, 0.15) is 25.7 Å². The maximum Gasteiger partial charge on any atom is 0.235 e. The summed E-state index contributed by atoms with van der Waals surface area (Å²) in [4.78, 5) is 28.3. The molecular weight excluding hydrogens is 296 g/mol. The van der Waals surface area contributed by atoms with E-state index in [1.54, 1.807) is 0 Å². The zero-order valence-electron chi connectivity index (χ0n) is 14.4. The Hall–Kier alpha value is -0.980. The first-order valence-electron chi connectivity index (χ1n) is 8.72. The summed E-state index contributed by atoms with van der Waals surface area (Å²) in [6.07, 6.45) is 0.867. The van der Waals surface area contributed by atoms with E-state index >= 15 is 0 Å². The van der Waals surface area contributed by atoms with E-state index in [-0.39, 0.29) is 29.7 Å². The van der Waals surface area contributed by atoms with Gasteiger partial charge in [-0.25, -0.2) is 0 Å². The van der Waals surface area contributed by atoms with Crippen molar-refractivity contribution >= 4 is 11.8 Å². The minimum absolute atomic E-state index is 0.0917. The van der Waals surface area contributed by atoms with E-state index in [1.807, 2.05) is 20.8 Å². The van der Waals surface area contributed by atoms with E-state index in [0.29, 0.717) is 19.8 Å². The predicted octanol–water partition coefficient (Wildman–Crippen LogP) is -0.926. The van der Waals surface area contributed by atoms with Gasteiger partial charge in [-0.05, 0) is 18.3 Å². The predicted molar refractivity (Wildman–Crippen MR) is 83.7 cm³/mol. The normalized spacial score (nSPS) is 35.7. The first-order valence-corrected chi connectivity index (χ1v) is 8.72. The van der Waals surface area contributed by atoms with Gasteiger partial charge in [-0.3, -0.25) is 14.5 Å². The second-order valence-corrected chi connectivity index (χ2v) is 8.12. The van der Waals surface area contributed by atoms with Crippen molar-refractivity contribution in [1.82, 2.24) is 4.90 Å². The summed E-state index contributed by atoms with van der Waals surface area (Å²) in [5, 5.41) is 10.4. The first-order chi connectivity index (χ1) is 10.8. The number of morpholine rings is 1. The third kappa shape index (κ3) is 2.61. The number of rotatable bonds is 4.